The van der Waals surface area contributed by atoms with E-state index in [4.69, 9.17) is 4.74 Å². The van der Waals surface area contributed by atoms with Crippen LogP contribution >= 0.6 is 0 Å². The molecule has 0 spiro atoms. The predicted octanol–water partition coefficient (Wildman–Crippen LogP) is 3.81. The normalized spacial score (nSPS) is 13.3. The fourth-order valence-corrected chi connectivity index (χ4v) is 3.25. The maximum atomic E-state index is 13.4. The zero-order valence-corrected chi connectivity index (χ0v) is 20.6. The molecule has 0 heterocycles. The molecule has 0 aromatic heterocycles. The van der Waals surface area contributed by atoms with Gasteiger partial charge in [0.15, 0.2) is 0 Å². The van der Waals surface area contributed by atoms with Crippen molar-refractivity contribution < 1.29 is 24.2 Å². The minimum atomic E-state index is -1.05. The van der Waals surface area contributed by atoms with E-state index >= 15 is 0 Å². The number of para-hydroxylation sites is 1. The van der Waals surface area contributed by atoms with Crippen LogP contribution in [0.1, 0.15) is 78.5 Å². The van der Waals surface area contributed by atoms with Crippen LogP contribution < -0.4 is 10.6 Å². The third kappa shape index (κ3) is 7.73. The Morgan fingerprint density at radius 1 is 1.16 bits per heavy atom. The number of rotatable bonds is 9. The molecule has 8 nitrogen and oxygen atoms in total. The first-order chi connectivity index (χ1) is 14.8. The van der Waals surface area contributed by atoms with Gasteiger partial charge in [-0.15, -0.1) is 0 Å². The summed E-state index contributed by atoms with van der Waals surface area (Å²) in [6, 6.07) is 2.74. The zero-order valence-electron chi connectivity index (χ0n) is 20.6. The molecule has 1 aromatic carbocycles. The van der Waals surface area contributed by atoms with Crippen LogP contribution in [0.3, 0.4) is 0 Å². The van der Waals surface area contributed by atoms with E-state index in [1.165, 1.54) is 4.90 Å². The Labute approximate surface area is 191 Å². The topological polar surface area (TPSA) is 108 Å². The van der Waals surface area contributed by atoms with Crippen molar-refractivity contribution >= 4 is 17.9 Å². The quantitative estimate of drug-likeness (QED) is 0.497. The van der Waals surface area contributed by atoms with Gasteiger partial charge in [-0.05, 0) is 60.5 Å². The Bertz CT molecular complexity index is 801. The molecule has 32 heavy (non-hydrogen) atoms. The molecule has 2 unspecified atom stereocenters. The number of phenolic OH excluding ortho intramolecular Hbond substituents is 1. The van der Waals surface area contributed by atoms with Crippen LogP contribution in [-0.2, 0) is 14.3 Å². The van der Waals surface area contributed by atoms with Gasteiger partial charge in [-0.3, -0.25) is 9.59 Å². The van der Waals surface area contributed by atoms with Gasteiger partial charge in [0.05, 0.1) is 0 Å². The van der Waals surface area contributed by atoms with Crippen LogP contribution in [0.15, 0.2) is 18.2 Å². The van der Waals surface area contributed by atoms with E-state index in [9.17, 15) is 19.5 Å². The summed E-state index contributed by atoms with van der Waals surface area (Å²) in [6.45, 7) is 14.5. The molecule has 0 fully saturated rings. The first-order valence-corrected chi connectivity index (χ1v) is 11.2. The SMILES string of the molecule is CCCCNC(=O)C(c1cccc(C)c1O)N(C(=O)C(C)NC(=O)OC(C)(C)C)C(C)C. The second-order valence-corrected chi connectivity index (χ2v) is 9.27. The Hall–Kier alpha value is -2.77. The number of alkyl carbamates (subject to hydrolysis) is 1. The molecular formula is C24H39N3O5. The van der Waals surface area contributed by atoms with E-state index in [0.29, 0.717) is 17.7 Å². The molecule has 0 bridgehead atoms. The van der Waals surface area contributed by atoms with Crippen molar-refractivity contribution in [2.24, 2.45) is 0 Å². The van der Waals surface area contributed by atoms with Crippen LogP contribution in [0.25, 0.3) is 0 Å². The van der Waals surface area contributed by atoms with Crippen molar-refractivity contribution in [1.82, 2.24) is 15.5 Å². The number of hydrogen-bond acceptors (Lipinski definition) is 5. The molecule has 3 amide bonds. The number of aromatic hydroxyl groups is 1. The Kier molecular flexibility index (Phi) is 10.0. The van der Waals surface area contributed by atoms with Crippen molar-refractivity contribution in [2.75, 3.05) is 6.54 Å². The van der Waals surface area contributed by atoms with E-state index in [1.54, 1.807) is 66.7 Å². The first-order valence-electron chi connectivity index (χ1n) is 11.2. The summed E-state index contributed by atoms with van der Waals surface area (Å²) >= 11 is 0. The number of unbranched alkanes of at least 4 members (excludes halogenated alkanes) is 1. The van der Waals surface area contributed by atoms with Crippen LogP contribution in [0.4, 0.5) is 4.79 Å². The van der Waals surface area contributed by atoms with Gasteiger partial charge >= 0.3 is 6.09 Å². The van der Waals surface area contributed by atoms with Gasteiger partial charge in [0.2, 0.25) is 11.8 Å². The average molecular weight is 450 g/mol. The standard InChI is InChI=1S/C24H39N3O5/c1-9-10-14-25-21(29)19(18-13-11-12-16(4)20(18)28)27(15(2)3)22(30)17(5)26-23(31)32-24(6,7)8/h11-13,15,17,19,28H,9-10,14H2,1-8H3,(H,25,29)(H,26,31). The fourth-order valence-electron chi connectivity index (χ4n) is 3.25. The summed E-state index contributed by atoms with van der Waals surface area (Å²) in [7, 11) is 0. The van der Waals surface area contributed by atoms with E-state index in [-0.39, 0.29) is 17.7 Å². The van der Waals surface area contributed by atoms with Gasteiger partial charge in [0.1, 0.15) is 23.4 Å². The average Bonchev–Trinajstić information content (AvgIpc) is 2.66. The molecule has 8 heteroatoms. The number of hydrogen-bond donors (Lipinski definition) is 3. The predicted molar refractivity (Wildman–Crippen MR) is 124 cm³/mol. The smallest absolute Gasteiger partial charge is 0.408 e. The second kappa shape index (κ2) is 11.7. The lowest BCUT2D eigenvalue weighted by Crippen LogP contribution is -2.54. The lowest BCUT2D eigenvalue weighted by atomic mass is 9.98. The van der Waals surface area contributed by atoms with Gasteiger partial charge in [0.25, 0.3) is 0 Å². The Balaban J connectivity index is 3.31. The van der Waals surface area contributed by atoms with Gasteiger partial charge in [-0.1, -0.05) is 31.5 Å². The molecule has 0 saturated heterocycles. The van der Waals surface area contributed by atoms with Crippen molar-refractivity contribution in [1.29, 1.82) is 0 Å². The summed E-state index contributed by atoms with van der Waals surface area (Å²) in [5.41, 5.74) is 0.232. The monoisotopic (exact) mass is 449 g/mol. The fraction of sp³-hybridized carbons (Fsp3) is 0.625. The third-order valence-corrected chi connectivity index (χ3v) is 4.83. The number of aryl methyl sites for hydroxylation is 1. The number of benzene rings is 1. The maximum Gasteiger partial charge on any atom is 0.408 e. The highest BCUT2D eigenvalue weighted by Gasteiger charge is 2.37. The van der Waals surface area contributed by atoms with E-state index < -0.39 is 29.7 Å². The molecule has 0 aliphatic heterocycles. The minimum absolute atomic E-state index is 0.0330. The maximum absolute atomic E-state index is 13.4. The molecule has 0 saturated carbocycles. The summed E-state index contributed by atoms with van der Waals surface area (Å²) in [4.78, 5) is 40.3. The van der Waals surface area contributed by atoms with Crippen LogP contribution in [-0.4, -0.2) is 52.1 Å². The Morgan fingerprint density at radius 3 is 2.31 bits per heavy atom. The van der Waals surface area contributed by atoms with Crippen molar-refractivity contribution in [3.63, 3.8) is 0 Å². The number of ether oxygens (including phenoxy) is 1. The number of carbonyl (C=O) groups excluding carboxylic acids is 3. The lowest BCUT2D eigenvalue weighted by Gasteiger charge is -2.36. The van der Waals surface area contributed by atoms with Crippen LogP contribution in [0.5, 0.6) is 5.75 Å². The summed E-state index contributed by atoms with van der Waals surface area (Å²) in [5, 5.41) is 16.1. The van der Waals surface area contributed by atoms with Crippen LogP contribution in [0, 0.1) is 6.92 Å². The van der Waals surface area contributed by atoms with Gasteiger partial charge in [-0.2, -0.15) is 0 Å². The molecule has 2 atom stereocenters. The number of nitrogens with one attached hydrogen (secondary N) is 2. The minimum Gasteiger partial charge on any atom is -0.507 e. The number of phenols is 1. The summed E-state index contributed by atoms with van der Waals surface area (Å²) in [6.07, 6.45) is 0.985. The summed E-state index contributed by atoms with van der Waals surface area (Å²) < 4.78 is 5.25. The molecule has 1 rings (SSSR count). The van der Waals surface area contributed by atoms with Crippen molar-refractivity contribution in [3.8, 4) is 5.75 Å². The third-order valence-electron chi connectivity index (χ3n) is 4.83. The highest BCUT2D eigenvalue weighted by molar-refractivity contribution is 5.92. The molecule has 0 aliphatic carbocycles. The van der Waals surface area contributed by atoms with Crippen molar-refractivity contribution in [3.05, 3.63) is 29.3 Å². The highest BCUT2D eigenvalue weighted by Crippen LogP contribution is 2.33. The number of amides is 3. The Morgan fingerprint density at radius 2 is 1.78 bits per heavy atom. The van der Waals surface area contributed by atoms with E-state index in [0.717, 1.165) is 12.8 Å². The molecule has 3 N–H and O–H groups in total. The molecule has 180 valence electrons. The summed E-state index contributed by atoms with van der Waals surface area (Å²) in [5.74, 6) is -0.873. The van der Waals surface area contributed by atoms with Gasteiger partial charge < -0.3 is 25.4 Å². The highest BCUT2D eigenvalue weighted by atomic mass is 16.6. The van der Waals surface area contributed by atoms with Gasteiger partial charge in [-0.25, -0.2) is 4.79 Å². The number of carbonyl (C=O) groups is 3. The molecule has 0 aliphatic rings. The number of nitrogens with zero attached hydrogens (tertiary/aromatic N) is 1. The first kappa shape index (κ1) is 27.3. The molecule has 1 aromatic rings. The lowest BCUT2D eigenvalue weighted by molar-refractivity contribution is -0.144. The van der Waals surface area contributed by atoms with E-state index in [1.807, 2.05) is 6.92 Å². The van der Waals surface area contributed by atoms with Gasteiger partial charge in [0, 0.05) is 18.2 Å². The molecule has 0 radical (unpaired) electrons. The van der Waals surface area contributed by atoms with Crippen LogP contribution in [0.2, 0.25) is 0 Å². The van der Waals surface area contributed by atoms with E-state index in [2.05, 4.69) is 10.6 Å². The second-order valence-electron chi connectivity index (χ2n) is 9.27. The molecular weight excluding hydrogens is 410 g/mol. The zero-order chi connectivity index (χ0) is 24.6. The largest absolute Gasteiger partial charge is 0.507 e. The van der Waals surface area contributed by atoms with Crippen molar-refractivity contribution in [2.45, 2.75) is 92.0 Å².